The van der Waals surface area contributed by atoms with E-state index in [2.05, 4.69) is 0 Å². The average Bonchev–Trinajstić information content (AvgIpc) is 3.29. The number of hydrogen-bond acceptors (Lipinski definition) is 4. The summed E-state index contributed by atoms with van der Waals surface area (Å²) in [7, 11) is -3.10. The SMILES string of the molecule is CS(=O)(=O)N1CCC(C2CCN3C(C2)C(C(=O)N2CCCC2)C[N+]3=O)CC1. The second kappa shape index (κ2) is 7.31. The van der Waals surface area contributed by atoms with Crippen molar-refractivity contribution in [2.45, 2.75) is 44.6 Å². The fraction of sp³-hybridized carbons (Fsp3) is 0.944. The summed E-state index contributed by atoms with van der Waals surface area (Å²) < 4.78 is 25.0. The Hall–Kier alpha value is -1.22. The summed E-state index contributed by atoms with van der Waals surface area (Å²) in [6.45, 7) is 3.85. The Balaban J connectivity index is 1.41. The Morgan fingerprint density at radius 1 is 0.963 bits per heavy atom. The van der Waals surface area contributed by atoms with Crippen LogP contribution in [0.3, 0.4) is 0 Å². The molecule has 0 aromatic heterocycles. The zero-order valence-corrected chi connectivity index (χ0v) is 16.9. The average molecular weight is 400 g/mol. The molecule has 0 aromatic carbocycles. The lowest BCUT2D eigenvalue weighted by Crippen LogP contribution is -2.49. The smallest absolute Gasteiger partial charge is 0.239 e. The Morgan fingerprint density at radius 2 is 1.59 bits per heavy atom. The standard InChI is InChI=1S/C18H31N4O4S/c1-27(25,26)20-9-4-14(5-10-20)15-6-11-21-17(12-15)16(13-22(21)24)18(23)19-7-2-3-8-19/h14-17H,2-13H2,1H3/q+1. The molecule has 0 radical (unpaired) electrons. The quantitative estimate of drug-likeness (QED) is 0.652. The molecule has 0 bridgehead atoms. The first-order chi connectivity index (χ1) is 12.8. The highest BCUT2D eigenvalue weighted by Gasteiger charge is 2.54. The van der Waals surface area contributed by atoms with Crippen molar-refractivity contribution in [1.29, 1.82) is 0 Å². The molecule has 4 aliphatic heterocycles. The highest BCUT2D eigenvalue weighted by atomic mass is 32.2. The molecule has 4 aliphatic rings. The van der Waals surface area contributed by atoms with E-state index in [9.17, 15) is 18.1 Å². The van der Waals surface area contributed by atoms with Crippen molar-refractivity contribution in [1.82, 2.24) is 14.2 Å². The molecular formula is C18H31N4O4S+. The number of fused-ring (bicyclic) bond motifs is 1. The van der Waals surface area contributed by atoms with Crippen LogP contribution in [0.25, 0.3) is 0 Å². The fourth-order valence-electron chi connectivity index (χ4n) is 5.58. The number of piperidine rings is 2. The number of hydrogen-bond donors (Lipinski definition) is 0. The second-order valence-electron chi connectivity index (χ2n) is 8.69. The molecule has 3 unspecified atom stereocenters. The Labute approximate surface area is 161 Å². The minimum atomic E-state index is -3.10. The molecule has 4 heterocycles. The lowest BCUT2D eigenvalue weighted by Gasteiger charge is -2.39. The van der Waals surface area contributed by atoms with Gasteiger partial charge in [0.2, 0.25) is 22.5 Å². The number of amides is 1. The van der Waals surface area contributed by atoms with E-state index in [1.165, 1.54) is 6.26 Å². The van der Waals surface area contributed by atoms with Gasteiger partial charge in [-0.25, -0.2) is 12.7 Å². The predicted octanol–water partition coefficient (Wildman–Crippen LogP) is 0.685. The van der Waals surface area contributed by atoms with Crippen LogP contribution in [0.5, 0.6) is 0 Å². The maximum absolute atomic E-state index is 12.9. The van der Waals surface area contributed by atoms with Gasteiger partial charge in [-0.3, -0.25) is 4.79 Å². The molecule has 27 heavy (non-hydrogen) atoms. The Kier molecular flexibility index (Phi) is 5.18. The molecule has 3 atom stereocenters. The second-order valence-corrected chi connectivity index (χ2v) is 10.7. The van der Waals surface area contributed by atoms with Crippen LogP contribution >= 0.6 is 0 Å². The molecule has 152 valence electrons. The Morgan fingerprint density at radius 3 is 2.22 bits per heavy atom. The molecular weight excluding hydrogens is 368 g/mol. The van der Waals surface area contributed by atoms with Crippen LogP contribution in [0.1, 0.15) is 38.5 Å². The third-order valence-corrected chi connectivity index (χ3v) is 8.43. The van der Waals surface area contributed by atoms with Crippen LogP contribution in [-0.2, 0) is 14.8 Å². The first kappa shape index (κ1) is 19.1. The van der Waals surface area contributed by atoms with Crippen molar-refractivity contribution in [2.24, 2.45) is 17.8 Å². The third-order valence-electron chi connectivity index (χ3n) is 7.13. The predicted molar refractivity (Wildman–Crippen MR) is 100 cm³/mol. The van der Waals surface area contributed by atoms with E-state index in [1.807, 2.05) is 9.91 Å². The van der Waals surface area contributed by atoms with Crippen LogP contribution in [0, 0.1) is 22.7 Å². The van der Waals surface area contributed by atoms with Crippen LogP contribution < -0.4 is 0 Å². The number of carbonyl (C=O) groups excluding carboxylic acids is 1. The molecule has 0 N–H and O–H groups in total. The van der Waals surface area contributed by atoms with E-state index in [4.69, 9.17) is 0 Å². The monoisotopic (exact) mass is 399 g/mol. The van der Waals surface area contributed by atoms with Gasteiger partial charge in [-0.15, -0.1) is 5.01 Å². The van der Waals surface area contributed by atoms with Gasteiger partial charge in [0, 0.05) is 26.2 Å². The zero-order valence-electron chi connectivity index (χ0n) is 16.1. The summed E-state index contributed by atoms with van der Waals surface area (Å²) in [4.78, 5) is 28.3. The van der Waals surface area contributed by atoms with Gasteiger partial charge >= 0.3 is 0 Å². The summed E-state index contributed by atoms with van der Waals surface area (Å²) in [6.07, 6.45) is 7.02. The summed E-state index contributed by atoms with van der Waals surface area (Å²) in [5.41, 5.74) is 0. The molecule has 0 saturated carbocycles. The highest BCUT2D eigenvalue weighted by Crippen LogP contribution is 2.40. The van der Waals surface area contributed by atoms with Crippen LogP contribution in [0.4, 0.5) is 0 Å². The van der Waals surface area contributed by atoms with E-state index in [0.29, 0.717) is 31.5 Å². The minimum absolute atomic E-state index is 0.0160. The topological polar surface area (TPSA) is 81.0 Å². The van der Waals surface area contributed by atoms with E-state index in [1.54, 1.807) is 4.31 Å². The number of hydrazine groups is 1. The lowest BCUT2D eigenvalue weighted by atomic mass is 9.75. The van der Waals surface area contributed by atoms with Crippen molar-refractivity contribution in [2.75, 3.05) is 45.5 Å². The van der Waals surface area contributed by atoms with E-state index in [-0.39, 0.29) is 17.9 Å². The van der Waals surface area contributed by atoms with Gasteiger partial charge in [-0.2, -0.15) is 0 Å². The Bertz CT molecular complexity index is 698. The van der Waals surface area contributed by atoms with E-state index in [0.717, 1.165) is 63.0 Å². The van der Waals surface area contributed by atoms with Gasteiger partial charge in [0.05, 0.1) is 17.7 Å². The summed E-state index contributed by atoms with van der Waals surface area (Å²) >= 11 is 0. The molecule has 4 rings (SSSR count). The lowest BCUT2D eigenvalue weighted by molar-refractivity contribution is -0.692. The number of sulfonamides is 1. The van der Waals surface area contributed by atoms with Crippen LogP contribution in [0.2, 0.25) is 0 Å². The van der Waals surface area contributed by atoms with Gasteiger partial charge in [0.25, 0.3) is 0 Å². The molecule has 4 fully saturated rings. The number of likely N-dealkylation sites (tertiary alicyclic amines) is 1. The zero-order chi connectivity index (χ0) is 19.2. The van der Waals surface area contributed by atoms with Crippen LogP contribution in [-0.4, -0.2) is 85.0 Å². The van der Waals surface area contributed by atoms with E-state index >= 15 is 0 Å². The summed E-state index contributed by atoms with van der Waals surface area (Å²) in [5.74, 6) is 0.926. The molecule has 9 heteroatoms. The first-order valence-electron chi connectivity index (χ1n) is 10.3. The highest BCUT2D eigenvalue weighted by molar-refractivity contribution is 7.88. The number of carbonyl (C=O) groups is 1. The van der Waals surface area contributed by atoms with Crippen molar-refractivity contribution in [3.05, 3.63) is 4.91 Å². The molecule has 0 aliphatic carbocycles. The summed E-state index contributed by atoms with van der Waals surface area (Å²) in [5, 5.41) is 1.88. The van der Waals surface area contributed by atoms with Crippen LogP contribution in [0.15, 0.2) is 0 Å². The normalized spacial score (nSPS) is 33.5. The fourth-order valence-corrected chi connectivity index (χ4v) is 6.45. The van der Waals surface area contributed by atoms with Gasteiger partial charge in [-0.1, -0.05) is 0 Å². The molecule has 4 saturated heterocycles. The molecule has 0 spiro atoms. The molecule has 0 aromatic rings. The van der Waals surface area contributed by atoms with Crippen molar-refractivity contribution in [3.63, 3.8) is 0 Å². The molecule has 8 nitrogen and oxygen atoms in total. The maximum atomic E-state index is 12.9. The maximum Gasteiger partial charge on any atom is 0.239 e. The minimum Gasteiger partial charge on any atom is -0.342 e. The van der Waals surface area contributed by atoms with Gasteiger partial charge < -0.3 is 4.90 Å². The number of rotatable bonds is 3. The largest absolute Gasteiger partial charge is 0.342 e. The number of nitrogens with zero attached hydrogens (tertiary/aromatic N) is 4. The number of nitroso groups, excluding NO2 is 1. The summed E-state index contributed by atoms with van der Waals surface area (Å²) in [6, 6.07) is 0.0160. The van der Waals surface area contributed by atoms with Crippen molar-refractivity contribution < 1.29 is 18.1 Å². The molecule has 1 amide bonds. The first-order valence-corrected chi connectivity index (χ1v) is 12.1. The van der Waals surface area contributed by atoms with Gasteiger partial charge in [0.1, 0.15) is 16.8 Å². The van der Waals surface area contributed by atoms with Crippen molar-refractivity contribution in [3.8, 4) is 0 Å². The van der Waals surface area contributed by atoms with Gasteiger partial charge in [-0.05, 0) is 50.4 Å². The van der Waals surface area contributed by atoms with Gasteiger partial charge in [0.15, 0.2) is 0 Å². The van der Waals surface area contributed by atoms with E-state index < -0.39 is 10.0 Å². The van der Waals surface area contributed by atoms with Crippen molar-refractivity contribution >= 4 is 15.9 Å². The third kappa shape index (κ3) is 3.72.